The molecular formula is C26H25N3O2. The van der Waals surface area contributed by atoms with E-state index in [0.29, 0.717) is 17.9 Å². The Kier molecular flexibility index (Phi) is 5.34. The van der Waals surface area contributed by atoms with E-state index in [1.54, 1.807) is 6.08 Å². The first-order valence-electron chi connectivity index (χ1n) is 10.2. The zero-order chi connectivity index (χ0) is 22.1. The van der Waals surface area contributed by atoms with Crippen LogP contribution in [-0.4, -0.2) is 15.6 Å². The number of hydrogen-bond donors (Lipinski definition) is 1. The van der Waals surface area contributed by atoms with Gasteiger partial charge in [-0.1, -0.05) is 54.2 Å². The van der Waals surface area contributed by atoms with Gasteiger partial charge in [-0.3, -0.25) is 4.79 Å². The molecule has 4 rings (SSSR count). The van der Waals surface area contributed by atoms with E-state index in [1.165, 1.54) is 0 Å². The van der Waals surface area contributed by atoms with Crippen molar-refractivity contribution in [1.29, 1.82) is 0 Å². The summed E-state index contributed by atoms with van der Waals surface area (Å²) in [6.07, 6.45) is 5.82. The molecule has 0 aliphatic carbocycles. The van der Waals surface area contributed by atoms with Gasteiger partial charge in [0.2, 0.25) is 5.91 Å². The van der Waals surface area contributed by atoms with E-state index in [2.05, 4.69) is 34.5 Å². The monoisotopic (exact) mass is 411 g/mol. The molecule has 0 aliphatic rings. The summed E-state index contributed by atoms with van der Waals surface area (Å²) in [6.45, 7) is 10.4. The van der Waals surface area contributed by atoms with Crippen molar-refractivity contribution in [2.45, 2.75) is 27.3 Å². The van der Waals surface area contributed by atoms with Crippen LogP contribution in [0, 0.1) is 13.8 Å². The fourth-order valence-electron chi connectivity index (χ4n) is 4.24. The van der Waals surface area contributed by atoms with Crippen molar-refractivity contribution in [2.75, 3.05) is 0 Å². The number of aryl methyl sites for hydroxylation is 2. The molecule has 2 aromatic carbocycles. The van der Waals surface area contributed by atoms with Crippen LogP contribution in [0.25, 0.3) is 34.2 Å². The van der Waals surface area contributed by atoms with E-state index in [9.17, 15) is 4.79 Å². The topological polar surface area (TPSA) is 74.1 Å². The summed E-state index contributed by atoms with van der Waals surface area (Å²) in [5.74, 6) is 0.219. The van der Waals surface area contributed by atoms with Crippen LogP contribution >= 0.6 is 0 Å². The van der Waals surface area contributed by atoms with Crippen LogP contribution in [0.15, 0.2) is 59.6 Å². The minimum atomic E-state index is -0.481. The molecule has 0 saturated heterocycles. The van der Waals surface area contributed by atoms with Gasteiger partial charge in [0.25, 0.3) is 0 Å². The van der Waals surface area contributed by atoms with Gasteiger partial charge >= 0.3 is 0 Å². The molecule has 2 aromatic heterocycles. The Bertz CT molecular complexity index is 1300. The molecule has 5 nitrogen and oxygen atoms in total. The average molecular weight is 412 g/mol. The zero-order valence-electron chi connectivity index (χ0n) is 18.0. The summed E-state index contributed by atoms with van der Waals surface area (Å²) in [5, 5.41) is 4.89. The van der Waals surface area contributed by atoms with Crippen LogP contribution in [0.2, 0.25) is 0 Å². The van der Waals surface area contributed by atoms with E-state index in [0.717, 1.165) is 44.5 Å². The van der Waals surface area contributed by atoms with Gasteiger partial charge < -0.3 is 14.8 Å². The normalized spacial score (nSPS) is 11.5. The highest BCUT2D eigenvalue weighted by Crippen LogP contribution is 2.37. The molecule has 0 fully saturated rings. The Balaban J connectivity index is 2.12. The molecule has 1 amide bonds. The Morgan fingerprint density at radius 1 is 1.23 bits per heavy atom. The van der Waals surface area contributed by atoms with Crippen LogP contribution in [0.1, 0.15) is 45.6 Å². The lowest BCUT2D eigenvalue weighted by atomic mass is 9.96. The maximum absolute atomic E-state index is 12.5. The number of carbonyl (C=O) groups is 1. The van der Waals surface area contributed by atoms with Crippen LogP contribution < -0.4 is 5.73 Å². The van der Waals surface area contributed by atoms with Crippen LogP contribution in [-0.2, 0) is 6.54 Å². The molecule has 0 unspecified atom stereocenters. The number of allylic oxidation sites excluding steroid dienone is 1. The molecule has 31 heavy (non-hydrogen) atoms. The summed E-state index contributed by atoms with van der Waals surface area (Å²) in [7, 11) is 0. The maximum Gasteiger partial charge on any atom is 0.249 e. The third-order valence-electron chi connectivity index (χ3n) is 5.54. The molecular weight excluding hydrogens is 386 g/mol. The van der Waals surface area contributed by atoms with Crippen molar-refractivity contribution in [3.8, 4) is 11.1 Å². The van der Waals surface area contributed by atoms with E-state index in [1.807, 2.05) is 57.2 Å². The quantitative estimate of drug-likeness (QED) is 0.440. The van der Waals surface area contributed by atoms with Gasteiger partial charge in [-0.15, -0.1) is 0 Å². The van der Waals surface area contributed by atoms with Gasteiger partial charge in [-0.2, -0.15) is 0 Å². The number of amides is 1. The fourth-order valence-corrected chi connectivity index (χ4v) is 4.24. The van der Waals surface area contributed by atoms with Crippen molar-refractivity contribution in [1.82, 2.24) is 9.72 Å². The summed E-state index contributed by atoms with van der Waals surface area (Å²) >= 11 is 0. The van der Waals surface area contributed by atoms with Gasteiger partial charge in [0.05, 0.1) is 11.2 Å². The molecule has 0 atom stereocenters. The summed E-state index contributed by atoms with van der Waals surface area (Å²) in [4.78, 5) is 12.5. The first-order chi connectivity index (χ1) is 15.0. The van der Waals surface area contributed by atoms with E-state index < -0.39 is 5.91 Å². The Morgan fingerprint density at radius 3 is 2.55 bits per heavy atom. The van der Waals surface area contributed by atoms with Crippen molar-refractivity contribution < 1.29 is 9.32 Å². The van der Waals surface area contributed by atoms with E-state index in [4.69, 9.17) is 10.3 Å². The lowest BCUT2D eigenvalue weighted by Gasteiger charge is -2.11. The number of nitrogens with zero attached hydrogens (tertiary/aromatic N) is 2. The predicted molar refractivity (Wildman–Crippen MR) is 126 cm³/mol. The predicted octanol–water partition coefficient (Wildman–Crippen LogP) is 5.74. The maximum atomic E-state index is 12.5. The van der Waals surface area contributed by atoms with Crippen LogP contribution in [0.5, 0.6) is 0 Å². The third kappa shape index (κ3) is 3.48. The number of nitrogens with two attached hydrogens (primary N) is 1. The second-order valence-corrected chi connectivity index (χ2v) is 7.56. The fraction of sp³-hybridized carbons (Fsp3) is 0.154. The summed E-state index contributed by atoms with van der Waals surface area (Å²) in [5.41, 5.74) is 12.8. The summed E-state index contributed by atoms with van der Waals surface area (Å²) < 4.78 is 7.58. The smallest absolute Gasteiger partial charge is 0.249 e. The highest BCUT2D eigenvalue weighted by Gasteiger charge is 2.22. The first-order valence-corrected chi connectivity index (χ1v) is 10.2. The van der Waals surface area contributed by atoms with Gasteiger partial charge in [0, 0.05) is 34.3 Å². The first kappa shape index (κ1) is 20.4. The number of benzene rings is 2. The number of fused-ring (bicyclic) bond motifs is 1. The van der Waals surface area contributed by atoms with E-state index >= 15 is 0 Å². The Hall–Kier alpha value is -3.86. The molecule has 0 saturated carbocycles. The zero-order valence-corrected chi connectivity index (χ0v) is 18.0. The SMILES string of the molecule is C=Cc1c(/C=C\C)n(Cc2ccccc2)c2cc(-c3c(C)noc3C)cc(C(N)=O)c12. The Morgan fingerprint density at radius 2 is 1.97 bits per heavy atom. The van der Waals surface area contributed by atoms with E-state index in [-0.39, 0.29) is 0 Å². The standard InChI is InChI=1S/C26H25N3O2/c1-5-10-22-20(6-2)25-21(26(27)30)13-19(24-16(3)28-31-17(24)4)14-23(25)29(22)15-18-11-8-7-9-12-18/h5-14H,2,15H2,1,3-4H3,(H2,27,30)/b10-5-. The number of hydrogen-bond acceptors (Lipinski definition) is 3. The molecule has 0 bridgehead atoms. The van der Waals surface area contributed by atoms with Gasteiger partial charge in [-0.05, 0) is 50.1 Å². The molecule has 2 heterocycles. The molecule has 4 aromatic rings. The Labute approximate surface area is 181 Å². The molecule has 0 radical (unpaired) electrons. The lowest BCUT2D eigenvalue weighted by Crippen LogP contribution is -2.12. The van der Waals surface area contributed by atoms with Gasteiger partial charge in [-0.25, -0.2) is 0 Å². The minimum Gasteiger partial charge on any atom is -0.366 e. The molecule has 156 valence electrons. The number of primary amides is 1. The molecule has 0 spiro atoms. The van der Waals surface area contributed by atoms with Crippen LogP contribution in [0.4, 0.5) is 0 Å². The van der Waals surface area contributed by atoms with Crippen molar-refractivity contribution in [3.63, 3.8) is 0 Å². The van der Waals surface area contributed by atoms with Gasteiger partial charge in [0.1, 0.15) is 5.76 Å². The highest BCUT2D eigenvalue weighted by molar-refractivity contribution is 6.11. The van der Waals surface area contributed by atoms with Gasteiger partial charge in [0.15, 0.2) is 0 Å². The second kappa shape index (κ2) is 8.11. The van der Waals surface area contributed by atoms with Crippen LogP contribution in [0.3, 0.4) is 0 Å². The van der Waals surface area contributed by atoms with Crippen molar-refractivity contribution in [2.24, 2.45) is 5.73 Å². The lowest BCUT2D eigenvalue weighted by molar-refractivity contribution is 0.100. The number of rotatable bonds is 6. The molecule has 0 aliphatic heterocycles. The second-order valence-electron chi connectivity index (χ2n) is 7.56. The van der Waals surface area contributed by atoms with Crippen molar-refractivity contribution in [3.05, 3.63) is 89.0 Å². The molecule has 2 N–H and O–H groups in total. The average Bonchev–Trinajstić information content (AvgIpc) is 3.24. The molecule has 5 heteroatoms. The number of carbonyl (C=O) groups excluding carboxylic acids is 1. The largest absolute Gasteiger partial charge is 0.366 e. The van der Waals surface area contributed by atoms with Crippen molar-refractivity contribution >= 4 is 29.0 Å². The number of aromatic nitrogens is 2. The summed E-state index contributed by atoms with van der Waals surface area (Å²) in [6, 6.07) is 14.1. The highest BCUT2D eigenvalue weighted by atomic mass is 16.5. The third-order valence-corrected chi connectivity index (χ3v) is 5.54. The minimum absolute atomic E-state index is 0.458.